The van der Waals surface area contributed by atoms with E-state index in [1.807, 2.05) is 43.0 Å². The van der Waals surface area contributed by atoms with E-state index < -0.39 is 0 Å². The molecule has 1 heterocycles. The second kappa shape index (κ2) is 8.56. The van der Waals surface area contributed by atoms with Crippen molar-refractivity contribution in [1.82, 2.24) is 9.80 Å². The van der Waals surface area contributed by atoms with Crippen molar-refractivity contribution in [1.29, 1.82) is 0 Å². The van der Waals surface area contributed by atoms with Crippen molar-refractivity contribution in [3.8, 4) is 0 Å². The van der Waals surface area contributed by atoms with Crippen molar-refractivity contribution in [3.05, 3.63) is 29.8 Å². The van der Waals surface area contributed by atoms with Gasteiger partial charge in [-0.3, -0.25) is 9.59 Å². The van der Waals surface area contributed by atoms with Crippen molar-refractivity contribution in [3.63, 3.8) is 0 Å². The Morgan fingerprint density at radius 3 is 2.48 bits per heavy atom. The maximum Gasteiger partial charge on any atom is 0.253 e. The van der Waals surface area contributed by atoms with Crippen molar-refractivity contribution < 1.29 is 9.59 Å². The third-order valence-corrected chi connectivity index (χ3v) is 4.31. The van der Waals surface area contributed by atoms with E-state index >= 15 is 0 Å². The topological polar surface area (TPSA) is 52.7 Å². The standard InChI is InChI=1S/C18H27N3O2/c1-3-20(4-2)18(23)15-9-8-10-16(13-15)19-14-17(22)21-11-6-5-7-12-21/h8-10,13,19H,3-7,11-12,14H2,1-2H3. The lowest BCUT2D eigenvalue weighted by atomic mass is 10.1. The molecule has 0 atom stereocenters. The lowest BCUT2D eigenvalue weighted by Crippen LogP contribution is -2.39. The van der Waals surface area contributed by atoms with Gasteiger partial charge in [0.1, 0.15) is 0 Å². The first kappa shape index (κ1) is 17.3. The Hall–Kier alpha value is -2.04. The fourth-order valence-electron chi connectivity index (χ4n) is 2.89. The lowest BCUT2D eigenvalue weighted by molar-refractivity contribution is -0.130. The van der Waals surface area contributed by atoms with Crippen LogP contribution in [0, 0.1) is 0 Å². The lowest BCUT2D eigenvalue weighted by Gasteiger charge is -2.27. The molecule has 1 aromatic rings. The number of anilines is 1. The van der Waals surface area contributed by atoms with Crippen LogP contribution in [0.1, 0.15) is 43.5 Å². The van der Waals surface area contributed by atoms with E-state index in [0.717, 1.165) is 31.6 Å². The fraction of sp³-hybridized carbons (Fsp3) is 0.556. The molecule has 1 aliphatic rings. The largest absolute Gasteiger partial charge is 0.376 e. The summed E-state index contributed by atoms with van der Waals surface area (Å²) in [6.45, 7) is 7.34. The van der Waals surface area contributed by atoms with Crippen LogP contribution in [0.3, 0.4) is 0 Å². The van der Waals surface area contributed by atoms with Gasteiger partial charge in [-0.1, -0.05) is 6.07 Å². The first-order valence-corrected chi connectivity index (χ1v) is 8.56. The van der Waals surface area contributed by atoms with Crippen LogP contribution in [0.4, 0.5) is 5.69 Å². The number of carbonyl (C=O) groups excluding carboxylic acids is 2. The monoisotopic (exact) mass is 317 g/mol. The summed E-state index contributed by atoms with van der Waals surface area (Å²) in [5, 5.41) is 3.15. The molecule has 23 heavy (non-hydrogen) atoms. The van der Waals surface area contributed by atoms with Crippen LogP contribution >= 0.6 is 0 Å². The second-order valence-electron chi connectivity index (χ2n) is 5.85. The number of nitrogens with zero attached hydrogens (tertiary/aromatic N) is 2. The van der Waals surface area contributed by atoms with Crippen molar-refractivity contribution in [2.24, 2.45) is 0 Å². The zero-order valence-corrected chi connectivity index (χ0v) is 14.2. The molecule has 1 N–H and O–H groups in total. The molecular formula is C18H27N3O2. The average molecular weight is 317 g/mol. The van der Waals surface area contributed by atoms with E-state index in [9.17, 15) is 9.59 Å². The van der Waals surface area contributed by atoms with Gasteiger partial charge in [0.15, 0.2) is 0 Å². The van der Waals surface area contributed by atoms with Crippen molar-refractivity contribution >= 4 is 17.5 Å². The quantitative estimate of drug-likeness (QED) is 0.877. The molecule has 1 aromatic carbocycles. The van der Waals surface area contributed by atoms with Gasteiger partial charge in [0.25, 0.3) is 5.91 Å². The van der Waals surface area contributed by atoms with E-state index in [0.29, 0.717) is 18.7 Å². The minimum Gasteiger partial charge on any atom is -0.376 e. The number of carbonyl (C=O) groups is 2. The number of benzene rings is 1. The molecule has 1 aliphatic heterocycles. The van der Waals surface area contributed by atoms with E-state index in [1.54, 1.807) is 4.90 Å². The highest BCUT2D eigenvalue weighted by atomic mass is 16.2. The summed E-state index contributed by atoms with van der Waals surface area (Å²) in [6.07, 6.45) is 3.41. The van der Waals surface area contributed by atoms with Crippen LogP contribution < -0.4 is 5.32 Å². The Labute approximate surface area is 138 Å². The van der Waals surface area contributed by atoms with Gasteiger partial charge in [-0.05, 0) is 51.3 Å². The summed E-state index contributed by atoms with van der Waals surface area (Å²) in [5.74, 6) is 0.158. The zero-order chi connectivity index (χ0) is 16.7. The maximum atomic E-state index is 12.4. The average Bonchev–Trinajstić information content (AvgIpc) is 2.61. The molecule has 0 spiro atoms. The van der Waals surface area contributed by atoms with E-state index in [-0.39, 0.29) is 18.4 Å². The van der Waals surface area contributed by atoms with E-state index in [1.165, 1.54) is 6.42 Å². The Kier molecular flexibility index (Phi) is 6.44. The van der Waals surface area contributed by atoms with Gasteiger partial charge in [0.2, 0.25) is 5.91 Å². The molecule has 0 aliphatic carbocycles. The van der Waals surface area contributed by atoms with Gasteiger partial charge in [0.05, 0.1) is 6.54 Å². The molecular weight excluding hydrogens is 290 g/mol. The minimum absolute atomic E-state index is 0.0287. The Balaban J connectivity index is 1.94. The SMILES string of the molecule is CCN(CC)C(=O)c1cccc(NCC(=O)N2CCCCC2)c1. The fourth-order valence-corrected chi connectivity index (χ4v) is 2.89. The summed E-state index contributed by atoms with van der Waals surface area (Å²) in [6, 6.07) is 7.38. The molecule has 5 heteroatoms. The smallest absolute Gasteiger partial charge is 0.253 e. The highest BCUT2D eigenvalue weighted by Gasteiger charge is 2.16. The number of hydrogen-bond acceptors (Lipinski definition) is 3. The van der Waals surface area contributed by atoms with Gasteiger partial charge in [-0.25, -0.2) is 0 Å². The normalized spacial score (nSPS) is 14.4. The third-order valence-electron chi connectivity index (χ3n) is 4.31. The van der Waals surface area contributed by atoms with Crippen LogP contribution in [0.15, 0.2) is 24.3 Å². The molecule has 2 rings (SSSR count). The number of rotatable bonds is 6. The Morgan fingerprint density at radius 2 is 1.83 bits per heavy atom. The van der Waals surface area contributed by atoms with Gasteiger partial charge in [0, 0.05) is 37.4 Å². The molecule has 0 bridgehead atoms. The molecule has 126 valence electrons. The molecule has 2 amide bonds. The summed E-state index contributed by atoms with van der Waals surface area (Å²) in [4.78, 5) is 28.3. The summed E-state index contributed by atoms with van der Waals surface area (Å²) < 4.78 is 0. The summed E-state index contributed by atoms with van der Waals surface area (Å²) in [7, 11) is 0. The van der Waals surface area contributed by atoms with Crippen molar-refractivity contribution in [2.75, 3.05) is 38.0 Å². The molecule has 0 aromatic heterocycles. The predicted molar refractivity (Wildman–Crippen MR) is 92.6 cm³/mol. The van der Waals surface area contributed by atoms with Crippen LogP contribution in [-0.2, 0) is 4.79 Å². The maximum absolute atomic E-state index is 12.4. The van der Waals surface area contributed by atoms with Crippen molar-refractivity contribution in [2.45, 2.75) is 33.1 Å². The van der Waals surface area contributed by atoms with Gasteiger partial charge in [-0.15, -0.1) is 0 Å². The van der Waals surface area contributed by atoms with E-state index in [4.69, 9.17) is 0 Å². The van der Waals surface area contributed by atoms with Gasteiger partial charge in [-0.2, -0.15) is 0 Å². The van der Waals surface area contributed by atoms with Crippen LogP contribution in [0.2, 0.25) is 0 Å². The molecule has 0 saturated carbocycles. The molecule has 5 nitrogen and oxygen atoms in total. The molecule has 1 saturated heterocycles. The van der Waals surface area contributed by atoms with Crippen LogP contribution in [-0.4, -0.2) is 54.3 Å². The number of nitrogens with one attached hydrogen (secondary N) is 1. The molecule has 0 radical (unpaired) electrons. The zero-order valence-electron chi connectivity index (χ0n) is 14.2. The number of piperidine rings is 1. The number of amides is 2. The molecule has 1 fully saturated rings. The van der Waals surface area contributed by atoms with Gasteiger partial charge < -0.3 is 15.1 Å². The Bertz CT molecular complexity index is 535. The minimum atomic E-state index is 0.0287. The Morgan fingerprint density at radius 1 is 1.13 bits per heavy atom. The van der Waals surface area contributed by atoms with E-state index in [2.05, 4.69) is 5.32 Å². The number of likely N-dealkylation sites (tertiary alicyclic amines) is 1. The molecule has 0 unspecified atom stereocenters. The number of hydrogen-bond donors (Lipinski definition) is 1. The summed E-state index contributed by atoms with van der Waals surface area (Å²) in [5.41, 5.74) is 1.47. The first-order chi connectivity index (χ1) is 11.2. The third kappa shape index (κ3) is 4.71. The second-order valence-corrected chi connectivity index (χ2v) is 5.85. The summed E-state index contributed by atoms with van der Waals surface area (Å²) >= 11 is 0. The predicted octanol–water partition coefficient (Wildman–Crippen LogP) is 2.59. The highest BCUT2D eigenvalue weighted by molar-refractivity contribution is 5.95. The van der Waals surface area contributed by atoms with Gasteiger partial charge >= 0.3 is 0 Å². The highest BCUT2D eigenvalue weighted by Crippen LogP contribution is 2.14. The first-order valence-electron chi connectivity index (χ1n) is 8.56. The van der Waals surface area contributed by atoms with Crippen LogP contribution in [0.25, 0.3) is 0 Å². The van der Waals surface area contributed by atoms with Crippen LogP contribution in [0.5, 0.6) is 0 Å².